The van der Waals surface area contributed by atoms with Crippen molar-refractivity contribution in [2.75, 3.05) is 19.2 Å². The van der Waals surface area contributed by atoms with E-state index in [0.29, 0.717) is 22.9 Å². The van der Waals surface area contributed by atoms with E-state index >= 15 is 0 Å². The van der Waals surface area contributed by atoms with Gasteiger partial charge in [-0.25, -0.2) is 4.79 Å². The largest absolute Gasteiger partial charge is 0.496 e. The molecule has 140 valence electrons. The molecule has 2 aromatic carbocycles. The minimum Gasteiger partial charge on any atom is -0.496 e. The molecule has 1 amide bonds. The molecule has 0 aliphatic carbocycles. The molecule has 0 spiro atoms. The van der Waals surface area contributed by atoms with Gasteiger partial charge in [-0.2, -0.15) is 0 Å². The highest BCUT2D eigenvalue weighted by Gasteiger charge is 2.19. The fraction of sp³-hybridized carbons (Fsp3) is 0.200. The van der Waals surface area contributed by atoms with Gasteiger partial charge in [-0.1, -0.05) is 18.2 Å². The van der Waals surface area contributed by atoms with Gasteiger partial charge < -0.3 is 24.3 Å². The molecule has 3 rings (SSSR count). The van der Waals surface area contributed by atoms with E-state index in [0.717, 1.165) is 5.56 Å². The SMILES string of the molecule is COc1ccccc1/C=C/C(=O)O[C@H](C)C(=O)Nc1ccc2c(c1)OCO2. The number of benzene rings is 2. The van der Waals surface area contributed by atoms with E-state index < -0.39 is 18.0 Å². The van der Waals surface area contributed by atoms with Crippen molar-refractivity contribution in [1.29, 1.82) is 0 Å². The highest BCUT2D eigenvalue weighted by Crippen LogP contribution is 2.34. The van der Waals surface area contributed by atoms with Crippen LogP contribution in [-0.4, -0.2) is 31.9 Å². The number of ether oxygens (including phenoxy) is 4. The smallest absolute Gasteiger partial charge is 0.331 e. The molecule has 0 aromatic heterocycles. The van der Waals surface area contributed by atoms with Crippen LogP contribution in [0, 0.1) is 0 Å². The number of amides is 1. The third-order valence-corrected chi connectivity index (χ3v) is 3.84. The van der Waals surface area contributed by atoms with E-state index in [1.165, 1.54) is 13.0 Å². The molecule has 7 nitrogen and oxygen atoms in total. The summed E-state index contributed by atoms with van der Waals surface area (Å²) in [5.74, 6) is 0.725. The molecule has 2 aromatic rings. The average molecular weight is 369 g/mol. The Morgan fingerprint density at radius 3 is 2.74 bits per heavy atom. The van der Waals surface area contributed by atoms with E-state index in [1.807, 2.05) is 12.1 Å². The van der Waals surface area contributed by atoms with E-state index in [1.54, 1.807) is 43.5 Å². The monoisotopic (exact) mass is 369 g/mol. The van der Waals surface area contributed by atoms with Crippen molar-refractivity contribution < 1.29 is 28.5 Å². The highest BCUT2D eigenvalue weighted by molar-refractivity contribution is 5.97. The number of esters is 1. The summed E-state index contributed by atoms with van der Waals surface area (Å²) in [4.78, 5) is 24.2. The Kier molecular flexibility index (Phi) is 5.61. The van der Waals surface area contributed by atoms with Gasteiger partial charge in [-0.05, 0) is 31.2 Å². The Morgan fingerprint density at radius 2 is 1.93 bits per heavy atom. The second-order valence-corrected chi connectivity index (χ2v) is 5.71. The van der Waals surface area contributed by atoms with Gasteiger partial charge in [0.2, 0.25) is 6.79 Å². The van der Waals surface area contributed by atoms with Gasteiger partial charge in [-0.15, -0.1) is 0 Å². The molecule has 0 unspecified atom stereocenters. The zero-order chi connectivity index (χ0) is 19.2. The number of fused-ring (bicyclic) bond motifs is 1. The quantitative estimate of drug-likeness (QED) is 0.623. The van der Waals surface area contributed by atoms with Gasteiger partial charge in [0, 0.05) is 23.4 Å². The first kappa shape index (κ1) is 18.3. The first-order chi connectivity index (χ1) is 13.1. The van der Waals surface area contributed by atoms with E-state index in [9.17, 15) is 9.59 Å². The van der Waals surface area contributed by atoms with Crippen molar-refractivity contribution >= 4 is 23.6 Å². The summed E-state index contributed by atoms with van der Waals surface area (Å²) in [6.45, 7) is 1.65. The number of hydrogen-bond donors (Lipinski definition) is 1. The molecule has 7 heteroatoms. The van der Waals surface area contributed by atoms with Crippen LogP contribution in [0.2, 0.25) is 0 Å². The summed E-state index contributed by atoms with van der Waals surface area (Å²) in [7, 11) is 1.55. The third-order valence-electron chi connectivity index (χ3n) is 3.84. The van der Waals surface area contributed by atoms with Crippen LogP contribution in [0.1, 0.15) is 12.5 Å². The number of carbonyl (C=O) groups is 2. The van der Waals surface area contributed by atoms with Crippen LogP contribution in [0.5, 0.6) is 17.2 Å². The summed E-state index contributed by atoms with van der Waals surface area (Å²) in [5.41, 5.74) is 1.26. The molecule has 1 aliphatic rings. The second-order valence-electron chi connectivity index (χ2n) is 5.71. The Morgan fingerprint density at radius 1 is 1.15 bits per heavy atom. The fourth-order valence-electron chi connectivity index (χ4n) is 2.45. The van der Waals surface area contributed by atoms with Crippen LogP contribution in [0.3, 0.4) is 0 Å². The van der Waals surface area contributed by atoms with Crippen molar-refractivity contribution in [2.45, 2.75) is 13.0 Å². The van der Waals surface area contributed by atoms with Crippen LogP contribution in [0.15, 0.2) is 48.5 Å². The Bertz CT molecular complexity index is 877. The number of nitrogens with one attached hydrogen (secondary N) is 1. The number of methoxy groups -OCH3 is 1. The molecule has 0 fully saturated rings. The van der Waals surface area contributed by atoms with Gasteiger partial charge in [0.1, 0.15) is 5.75 Å². The minimum absolute atomic E-state index is 0.152. The van der Waals surface area contributed by atoms with Crippen LogP contribution in [0.25, 0.3) is 6.08 Å². The van der Waals surface area contributed by atoms with Crippen LogP contribution < -0.4 is 19.5 Å². The molecule has 0 saturated heterocycles. The standard InChI is InChI=1S/C20H19NO6/c1-13(20(23)21-15-8-9-17-18(11-15)26-12-25-17)27-19(22)10-7-14-5-3-4-6-16(14)24-2/h3-11,13H,12H2,1-2H3,(H,21,23)/b10-7+/t13-/m1/s1. The molecule has 27 heavy (non-hydrogen) atoms. The zero-order valence-corrected chi connectivity index (χ0v) is 14.9. The maximum absolute atomic E-state index is 12.2. The molecule has 1 aliphatic heterocycles. The Hall–Kier alpha value is -3.48. The first-order valence-electron chi connectivity index (χ1n) is 8.29. The number of carbonyl (C=O) groups excluding carboxylic acids is 2. The lowest BCUT2D eigenvalue weighted by Gasteiger charge is -2.12. The maximum Gasteiger partial charge on any atom is 0.331 e. The van der Waals surface area contributed by atoms with Gasteiger partial charge in [0.25, 0.3) is 5.91 Å². The van der Waals surface area contributed by atoms with Gasteiger partial charge in [0.05, 0.1) is 7.11 Å². The van der Waals surface area contributed by atoms with Crippen LogP contribution in [-0.2, 0) is 14.3 Å². The van der Waals surface area contributed by atoms with E-state index in [-0.39, 0.29) is 6.79 Å². The van der Waals surface area contributed by atoms with Crippen molar-refractivity contribution in [3.63, 3.8) is 0 Å². The first-order valence-corrected chi connectivity index (χ1v) is 8.29. The summed E-state index contributed by atoms with van der Waals surface area (Å²) in [5, 5.41) is 2.67. The number of anilines is 1. The number of hydrogen-bond acceptors (Lipinski definition) is 6. The summed E-state index contributed by atoms with van der Waals surface area (Å²) >= 11 is 0. The molecular weight excluding hydrogens is 350 g/mol. The topological polar surface area (TPSA) is 83.1 Å². The lowest BCUT2D eigenvalue weighted by Crippen LogP contribution is -2.29. The van der Waals surface area contributed by atoms with E-state index in [4.69, 9.17) is 18.9 Å². The predicted molar refractivity (Wildman–Crippen MR) is 98.8 cm³/mol. The van der Waals surface area contributed by atoms with Crippen LogP contribution in [0.4, 0.5) is 5.69 Å². The second kappa shape index (κ2) is 8.27. The molecule has 0 bridgehead atoms. The predicted octanol–water partition coefficient (Wildman–Crippen LogP) is 3.01. The van der Waals surface area contributed by atoms with Crippen molar-refractivity contribution in [2.24, 2.45) is 0 Å². The minimum atomic E-state index is -0.967. The third kappa shape index (κ3) is 4.58. The molecule has 1 N–H and O–H groups in total. The maximum atomic E-state index is 12.2. The lowest BCUT2D eigenvalue weighted by atomic mass is 10.2. The molecule has 0 radical (unpaired) electrons. The Labute approximate surface area is 156 Å². The molecule has 1 heterocycles. The molecule has 0 saturated carbocycles. The normalized spacial score (nSPS) is 13.3. The number of rotatable bonds is 6. The summed E-state index contributed by atoms with van der Waals surface area (Å²) in [6.07, 6.45) is 1.86. The van der Waals surface area contributed by atoms with Gasteiger partial charge in [-0.3, -0.25) is 4.79 Å². The molecule has 1 atom stereocenters. The summed E-state index contributed by atoms with van der Waals surface area (Å²) in [6, 6.07) is 12.3. The average Bonchev–Trinajstić information content (AvgIpc) is 3.14. The van der Waals surface area contributed by atoms with Crippen molar-refractivity contribution in [1.82, 2.24) is 0 Å². The van der Waals surface area contributed by atoms with Crippen molar-refractivity contribution in [3.05, 3.63) is 54.1 Å². The fourth-order valence-corrected chi connectivity index (χ4v) is 2.45. The molecular formula is C20H19NO6. The lowest BCUT2D eigenvalue weighted by molar-refractivity contribution is -0.148. The Balaban J connectivity index is 1.56. The highest BCUT2D eigenvalue weighted by atomic mass is 16.7. The van der Waals surface area contributed by atoms with Gasteiger partial charge in [0.15, 0.2) is 17.6 Å². The van der Waals surface area contributed by atoms with Crippen molar-refractivity contribution in [3.8, 4) is 17.2 Å². The van der Waals surface area contributed by atoms with E-state index in [2.05, 4.69) is 5.32 Å². The van der Waals surface area contributed by atoms with Gasteiger partial charge >= 0.3 is 5.97 Å². The number of para-hydroxylation sites is 1. The summed E-state index contributed by atoms with van der Waals surface area (Å²) < 4.78 is 20.8. The van der Waals surface area contributed by atoms with Crippen LogP contribution >= 0.6 is 0 Å². The zero-order valence-electron chi connectivity index (χ0n) is 14.9.